The van der Waals surface area contributed by atoms with Crippen LogP contribution >= 0.6 is 0 Å². The van der Waals surface area contributed by atoms with Gasteiger partial charge in [-0.2, -0.15) is 0 Å². The van der Waals surface area contributed by atoms with Gasteiger partial charge < -0.3 is 4.74 Å². The van der Waals surface area contributed by atoms with Crippen molar-refractivity contribution >= 4 is 0 Å². The zero-order chi connectivity index (χ0) is 15.9. The molecule has 0 spiro atoms. The highest BCUT2D eigenvalue weighted by atomic mass is 19.1. The Kier molecular flexibility index (Phi) is 3.49. The van der Waals surface area contributed by atoms with Crippen LogP contribution in [0.15, 0.2) is 48.5 Å². The molecule has 2 saturated carbocycles. The van der Waals surface area contributed by atoms with Crippen molar-refractivity contribution in [1.29, 1.82) is 0 Å². The van der Waals surface area contributed by atoms with E-state index in [0.29, 0.717) is 13.2 Å². The van der Waals surface area contributed by atoms with Gasteiger partial charge in [-0.3, -0.25) is 0 Å². The third-order valence-corrected chi connectivity index (χ3v) is 5.38. The zero-order valence-electron chi connectivity index (χ0n) is 13.0. The van der Waals surface area contributed by atoms with Gasteiger partial charge in [0.2, 0.25) is 0 Å². The minimum Gasteiger partial charge on any atom is -0.380 e. The van der Waals surface area contributed by atoms with Crippen molar-refractivity contribution in [1.82, 2.24) is 0 Å². The van der Waals surface area contributed by atoms with Crippen LogP contribution in [0.3, 0.4) is 0 Å². The molecule has 0 aromatic heterocycles. The lowest BCUT2D eigenvalue weighted by Crippen LogP contribution is -2.21. The van der Waals surface area contributed by atoms with Crippen LogP contribution in [-0.2, 0) is 15.6 Å². The summed E-state index contributed by atoms with van der Waals surface area (Å²) in [6, 6.07) is 13.6. The van der Waals surface area contributed by atoms with E-state index in [1.807, 2.05) is 24.3 Å². The van der Waals surface area contributed by atoms with Gasteiger partial charge in [-0.15, -0.1) is 0 Å². The molecule has 0 aliphatic heterocycles. The summed E-state index contributed by atoms with van der Waals surface area (Å²) in [5.74, 6) is -0.391. The molecule has 0 radical (unpaired) electrons. The molecule has 2 fully saturated rings. The van der Waals surface area contributed by atoms with Gasteiger partial charge in [0.05, 0.1) is 13.2 Å². The summed E-state index contributed by atoms with van der Waals surface area (Å²) < 4.78 is 32.2. The first-order chi connectivity index (χ1) is 11.1. The number of hydrogen-bond donors (Lipinski definition) is 0. The van der Waals surface area contributed by atoms with Crippen LogP contribution in [0.5, 0.6) is 0 Å². The van der Waals surface area contributed by atoms with Gasteiger partial charge in [-0.1, -0.05) is 24.3 Å². The fourth-order valence-corrected chi connectivity index (χ4v) is 3.38. The van der Waals surface area contributed by atoms with Crippen LogP contribution in [-0.4, -0.2) is 13.2 Å². The Bertz CT molecular complexity index is 621. The summed E-state index contributed by atoms with van der Waals surface area (Å²) in [6.07, 6.45) is 4.40. The summed E-state index contributed by atoms with van der Waals surface area (Å²) in [5.41, 5.74) is 2.50. The highest BCUT2D eigenvalue weighted by molar-refractivity contribution is 5.33. The van der Waals surface area contributed by atoms with Crippen LogP contribution in [0, 0.1) is 11.6 Å². The smallest absolute Gasteiger partial charge is 0.123 e. The van der Waals surface area contributed by atoms with E-state index in [1.54, 1.807) is 0 Å². The first kappa shape index (κ1) is 14.8. The molecule has 2 aromatic carbocycles. The predicted molar refractivity (Wildman–Crippen MR) is 85.4 cm³/mol. The van der Waals surface area contributed by atoms with Gasteiger partial charge in [0.15, 0.2) is 0 Å². The molecule has 0 unspecified atom stereocenters. The van der Waals surface area contributed by atoms with Crippen LogP contribution in [0.2, 0.25) is 0 Å². The molecule has 2 aliphatic rings. The van der Waals surface area contributed by atoms with Gasteiger partial charge in [0.25, 0.3) is 0 Å². The molecule has 3 heteroatoms. The van der Waals surface area contributed by atoms with Crippen LogP contribution in [0.25, 0.3) is 0 Å². The number of hydrogen-bond acceptors (Lipinski definition) is 1. The van der Waals surface area contributed by atoms with E-state index in [4.69, 9.17) is 4.74 Å². The Morgan fingerprint density at radius 3 is 1.30 bits per heavy atom. The van der Waals surface area contributed by atoms with Gasteiger partial charge in [-0.05, 0) is 61.1 Å². The van der Waals surface area contributed by atoms with Crippen LogP contribution in [0.4, 0.5) is 8.78 Å². The Hall–Kier alpha value is -1.74. The van der Waals surface area contributed by atoms with Crippen molar-refractivity contribution in [2.24, 2.45) is 0 Å². The van der Waals surface area contributed by atoms with Crippen molar-refractivity contribution < 1.29 is 13.5 Å². The molecular formula is C20H20F2O. The van der Waals surface area contributed by atoms with Crippen molar-refractivity contribution in [3.05, 3.63) is 71.3 Å². The summed E-state index contributed by atoms with van der Waals surface area (Å²) >= 11 is 0. The zero-order valence-corrected chi connectivity index (χ0v) is 13.0. The third-order valence-electron chi connectivity index (χ3n) is 5.38. The minimum atomic E-state index is -0.196. The SMILES string of the molecule is Fc1ccc(C2(COCC3(c4ccc(F)cc4)CC3)CC2)cc1. The summed E-state index contributed by atoms with van der Waals surface area (Å²) in [4.78, 5) is 0. The number of rotatable bonds is 6. The van der Waals surface area contributed by atoms with E-state index >= 15 is 0 Å². The van der Waals surface area contributed by atoms with E-state index < -0.39 is 0 Å². The molecule has 0 saturated heterocycles. The third kappa shape index (κ3) is 2.90. The highest BCUT2D eigenvalue weighted by Gasteiger charge is 2.48. The summed E-state index contributed by atoms with van der Waals surface area (Å²) in [5, 5.41) is 0. The molecule has 0 amide bonds. The molecule has 0 bridgehead atoms. The van der Waals surface area contributed by atoms with Gasteiger partial charge in [0, 0.05) is 10.8 Å². The number of ether oxygens (including phenoxy) is 1. The van der Waals surface area contributed by atoms with E-state index in [0.717, 1.165) is 25.7 Å². The van der Waals surface area contributed by atoms with Crippen molar-refractivity contribution in [2.75, 3.05) is 13.2 Å². The topological polar surface area (TPSA) is 9.23 Å². The quantitative estimate of drug-likeness (QED) is 0.748. The average Bonchev–Trinajstić information content (AvgIpc) is 3.46. The van der Waals surface area contributed by atoms with Crippen LogP contribution in [0.1, 0.15) is 36.8 Å². The maximum atomic E-state index is 13.1. The molecule has 23 heavy (non-hydrogen) atoms. The summed E-state index contributed by atoms with van der Waals surface area (Å²) in [6.45, 7) is 1.36. The van der Waals surface area contributed by atoms with Crippen LogP contribution < -0.4 is 0 Å². The van der Waals surface area contributed by atoms with Gasteiger partial charge >= 0.3 is 0 Å². The molecule has 2 aliphatic carbocycles. The summed E-state index contributed by atoms with van der Waals surface area (Å²) in [7, 11) is 0. The van der Waals surface area contributed by atoms with E-state index in [9.17, 15) is 8.78 Å². The predicted octanol–water partition coefficient (Wildman–Crippen LogP) is 4.74. The molecule has 1 nitrogen and oxygen atoms in total. The first-order valence-electron chi connectivity index (χ1n) is 8.22. The van der Waals surface area contributed by atoms with Crippen molar-refractivity contribution in [2.45, 2.75) is 36.5 Å². The second-order valence-electron chi connectivity index (χ2n) is 7.07. The maximum Gasteiger partial charge on any atom is 0.123 e. The Morgan fingerprint density at radius 1 is 0.652 bits per heavy atom. The second kappa shape index (κ2) is 5.41. The Morgan fingerprint density at radius 2 is 1.00 bits per heavy atom. The largest absolute Gasteiger partial charge is 0.380 e. The van der Waals surface area contributed by atoms with E-state index in [2.05, 4.69) is 0 Å². The molecular weight excluding hydrogens is 294 g/mol. The lowest BCUT2D eigenvalue weighted by Gasteiger charge is -2.20. The van der Waals surface area contributed by atoms with Crippen molar-refractivity contribution in [3.63, 3.8) is 0 Å². The standard InChI is InChI=1S/C20H20F2O/c21-17-5-1-15(2-6-17)19(9-10-19)13-23-14-20(11-12-20)16-3-7-18(22)8-4-16/h1-8H,9-14H2. The fourth-order valence-electron chi connectivity index (χ4n) is 3.38. The monoisotopic (exact) mass is 314 g/mol. The van der Waals surface area contributed by atoms with E-state index in [-0.39, 0.29) is 22.5 Å². The van der Waals surface area contributed by atoms with Gasteiger partial charge in [0.1, 0.15) is 11.6 Å². The lowest BCUT2D eigenvalue weighted by molar-refractivity contribution is 0.0945. The molecule has 4 rings (SSSR count). The van der Waals surface area contributed by atoms with Crippen molar-refractivity contribution in [3.8, 4) is 0 Å². The molecule has 0 N–H and O–H groups in total. The molecule has 0 heterocycles. The first-order valence-corrected chi connectivity index (χ1v) is 8.22. The lowest BCUT2D eigenvalue weighted by atomic mass is 9.95. The second-order valence-corrected chi connectivity index (χ2v) is 7.07. The molecule has 2 aromatic rings. The normalized spacial score (nSPS) is 20.3. The number of benzene rings is 2. The highest BCUT2D eigenvalue weighted by Crippen LogP contribution is 2.51. The molecule has 0 atom stereocenters. The van der Waals surface area contributed by atoms with Gasteiger partial charge in [-0.25, -0.2) is 8.78 Å². The molecule has 120 valence electrons. The Balaban J connectivity index is 1.38. The maximum absolute atomic E-state index is 13.1. The minimum absolute atomic E-state index is 0.0760. The Labute approximate surface area is 135 Å². The fraction of sp³-hybridized carbons (Fsp3) is 0.400. The number of halogens is 2. The van der Waals surface area contributed by atoms with E-state index in [1.165, 1.54) is 35.4 Å². The average molecular weight is 314 g/mol.